The maximum atomic E-state index is 11.1. The number of hydrogen-bond donors (Lipinski definition) is 1. The predicted molar refractivity (Wildman–Crippen MR) is 54.2 cm³/mol. The molecular formula is C7H7ClN2O4S. The summed E-state index contributed by atoms with van der Waals surface area (Å²) in [6, 6.07) is 1.96. The van der Waals surface area contributed by atoms with Crippen LogP contribution in [0.2, 0.25) is 5.02 Å². The Kier molecular flexibility index (Phi) is 2.98. The summed E-state index contributed by atoms with van der Waals surface area (Å²) in [5.41, 5.74) is -0.209. The molecule has 0 fully saturated rings. The van der Waals surface area contributed by atoms with Gasteiger partial charge in [-0.05, 0) is 12.5 Å². The molecule has 0 aromatic heterocycles. The summed E-state index contributed by atoms with van der Waals surface area (Å²) in [5.74, 6) is 0. The number of benzene rings is 1. The number of hydrogen-bond acceptors (Lipinski definition) is 4. The van der Waals surface area contributed by atoms with Crippen LogP contribution in [0.3, 0.4) is 0 Å². The largest absolute Gasteiger partial charge is 0.272 e. The Balaban J connectivity index is 3.59. The van der Waals surface area contributed by atoms with Gasteiger partial charge in [0.1, 0.15) is 0 Å². The Morgan fingerprint density at radius 3 is 2.40 bits per heavy atom. The minimum Gasteiger partial charge on any atom is -0.258 e. The number of nitrogens with two attached hydrogens (primary N) is 1. The number of rotatable bonds is 2. The second-order valence-electron chi connectivity index (χ2n) is 2.85. The number of primary sulfonamides is 1. The molecule has 6 nitrogen and oxygen atoms in total. The fraction of sp³-hybridized carbons (Fsp3) is 0.143. The summed E-state index contributed by atoms with van der Waals surface area (Å²) >= 11 is 5.64. The van der Waals surface area contributed by atoms with Gasteiger partial charge in [0.15, 0.2) is 0 Å². The van der Waals surface area contributed by atoms with Crippen molar-refractivity contribution in [2.75, 3.05) is 0 Å². The number of halogens is 1. The van der Waals surface area contributed by atoms with Gasteiger partial charge in [0, 0.05) is 12.1 Å². The molecule has 0 aliphatic carbocycles. The molecule has 0 radical (unpaired) electrons. The van der Waals surface area contributed by atoms with Gasteiger partial charge in [-0.15, -0.1) is 0 Å². The van der Waals surface area contributed by atoms with E-state index in [-0.39, 0.29) is 15.5 Å². The zero-order chi connectivity index (χ0) is 11.8. The van der Waals surface area contributed by atoms with Crippen molar-refractivity contribution in [2.24, 2.45) is 5.14 Å². The van der Waals surface area contributed by atoms with Crippen molar-refractivity contribution in [1.29, 1.82) is 0 Å². The Bertz CT molecular complexity index is 526. The van der Waals surface area contributed by atoms with Gasteiger partial charge in [-0.2, -0.15) is 0 Å². The van der Waals surface area contributed by atoms with Crippen molar-refractivity contribution in [2.45, 2.75) is 11.8 Å². The first-order valence-corrected chi connectivity index (χ1v) is 5.63. The molecule has 2 N–H and O–H groups in total. The highest BCUT2D eigenvalue weighted by Gasteiger charge is 2.19. The second-order valence-corrected chi connectivity index (χ2v) is 4.79. The number of nitrogens with zero attached hydrogens (tertiary/aromatic N) is 1. The van der Waals surface area contributed by atoms with Gasteiger partial charge in [0.25, 0.3) is 5.69 Å². The lowest BCUT2D eigenvalue weighted by Gasteiger charge is -2.04. The lowest BCUT2D eigenvalue weighted by Crippen LogP contribution is -2.14. The minimum atomic E-state index is -4.00. The minimum absolute atomic E-state index is 0.00627. The van der Waals surface area contributed by atoms with Crippen molar-refractivity contribution in [3.05, 3.63) is 32.8 Å². The summed E-state index contributed by atoms with van der Waals surface area (Å²) in [7, 11) is -4.00. The Morgan fingerprint density at radius 2 is 2.00 bits per heavy atom. The van der Waals surface area contributed by atoms with Gasteiger partial charge >= 0.3 is 0 Å². The van der Waals surface area contributed by atoms with E-state index in [9.17, 15) is 18.5 Å². The molecule has 82 valence electrons. The summed E-state index contributed by atoms with van der Waals surface area (Å²) in [4.78, 5) is 9.39. The number of nitro benzene ring substituents is 1. The molecule has 0 heterocycles. The molecular weight excluding hydrogens is 244 g/mol. The molecule has 1 aromatic carbocycles. The highest BCUT2D eigenvalue weighted by Crippen LogP contribution is 2.28. The van der Waals surface area contributed by atoms with E-state index in [4.69, 9.17) is 16.7 Å². The summed E-state index contributed by atoms with van der Waals surface area (Å²) in [5, 5.41) is 15.3. The molecule has 0 saturated carbocycles. The smallest absolute Gasteiger partial charge is 0.258 e. The van der Waals surface area contributed by atoms with E-state index in [0.29, 0.717) is 0 Å². The molecule has 0 spiro atoms. The van der Waals surface area contributed by atoms with Crippen LogP contribution in [0, 0.1) is 17.0 Å². The average molecular weight is 251 g/mol. The van der Waals surface area contributed by atoms with Crippen LogP contribution in [-0.4, -0.2) is 13.3 Å². The van der Waals surface area contributed by atoms with Crippen LogP contribution in [-0.2, 0) is 10.0 Å². The first-order chi connectivity index (χ1) is 6.73. The van der Waals surface area contributed by atoms with Crippen LogP contribution in [0.1, 0.15) is 5.56 Å². The van der Waals surface area contributed by atoms with Crippen molar-refractivity contribution >= 4 is 27.3 Å². The summed E-state index contributed by atoms with van der Waals surface area (Å²) in [6.07, 6.45) is 0. The van der Waals surface area contributed by atoms with Crippen LogP contribution < -0.4 is 5.14 Å². The Hall–Kier alpha value is -1.18. The molecule has 0 aliphatic rings. The van der Waals surface area contributed by atoms with Gasteiger partial charge < -0.3 is 0 Å². The fourth-order valence-electron chi connectivity index (χ4n) is 1.04. The van der Waals surface area contributed by atoms with Crippen LogP contribution >= 0.6 is 11.6 Å². The van der Waals surface area contributed by atoms with Crippen molar-refractivity contribution in [1.82, 2.24) is 0 Å². The standard InChI is InChI=1S/C7H7ClN2O4S/c1-4-6(8)2-5(10(11)12)3-7(4)15(9,13)14/h2-3H,1H3,(H2,9,13,14). The topological polar surface area (TPSA) is 103 Å². The van der Waals surface area contributed by atoms with E-state index >= 15 is 0 Å². The Labute approximate surface area is 90.9 Å². The van der Waals surface area contributed by atoms with Crippen molar-refractivity contribution < 1.29 is 13.3 Å². The van der Waals surface area contributed by atoms with Crippen molar-refractivity contribution in [3.8, 4) is 0 Å². The fourth-order valence-corrected chi connectivity index (χ4v) is 2.13. The molecule has 8 heteroatoms. The number of nitro groups is 1. The maximum Gasteiger partial charge on any atom is 0.272 e. The number of non-ortho nitro benzene ring substituents is 1. The van der Waals surface area contributed by atoms with Crippen LogP contribution in [0.5, 0.6) is 0 Å². The van der Waals surface area contributed by atoms with E-state index in [2.05, 4.69) is 0 Å². The molecule has 1 rings (SSSR count). The molecule has 0 atom stereocenters. The monoisotopic (exact) mass is 250 g/mol. The second kappa shape index (κ2) is 3.76. The van der Waals surface area contributed by atoms with Gasteiger partial charge in [-0.1, -0.05) is 11.6 Å². The third-order valence-corrected chi connectivity index (χ3v) is 3.23. The molecule has 0 unspecified atom stereocenters. The highest BCUT2D eigenvalue weighted by atomic mass is 35.5. The van der Waals surface area contributed by atoms with Gasteiger partial charge in [0.2, 0.25) is 10.0 Å². The molecule has 1 aromatic rings. The molecule has 0 saturated heterocycles. The first kappa shape index (κ1) is 11.9. The van der Waals surface area contributed by atoms with E-state index < -0.39 is 20.6 Å². The zero-order valence-corrected chi connectivity index (χ0v) is 9.17. The zero-order valence-electron chi connectivity index (χ0n) is 7.60. The van der Waals surface area contributed by atoms with E-state index in [1.807, 2.05) is 0 Å². The molecule has 0 bridgehead atoms. The van der Waals surface area contributed by atoms with Gasteiger partial charge in [-0.25, -0.2) is 13.6 Å². The first-order valence-electron chi connectivity index (χ1n) is 3.71. The predicted octanol–water partition coefficient (Wildman–Crippen LogP) is 1.20. The van der Waals surface area contributed by atoms with Crippen LogP contribution in [0.25, 0.3) is 0 Å². The van der Waals surface area contributed by atoms with Crippen LogP contribution in [0.15, 0.2) is 17.0 Å². The summed E-state index contributed by atoms with van der Waals surface area (Å²) in [6.45, 7) is 1.42. The summed E-state index contributed by atoms with van der Waals surface area (Å²) < 4.78 is 22.2. The maximum absolute atomic E-state index is 11.1. The molecule has 0 aliphatic heterocycles. The third-order valence-electron chi connectivity index (χ3n) is 1.80. The van der Waals surface area contributed by atoms with Gasteiger partial charge in [0.05, 0.1) is 14.8 Å². The average Bonchev–Trinajstić information content (AvgIpc) is 2.06. The van der Waals surface area contributed by atoms with Crippen LogP contribution in [0.4, 0.5) is 5.69 Å². The van der Waals surface area contributed by atoms with E-state index in [1.54, 1.807) is 0 Å². The normalized spacial score (nSPS) is 11.4. The molecule has 0 amide bonds. The highest BCUT2D eigenvalue weighted by molar-refractivity contribution is 7.89. The SMILES string of the molecule is Cc1c(Cl)cc([N+](=O)[O-])cc1S(N)(=O)=O. The molecule has 15 heavy (non-hydrogen) atoms. The lowest BCUT2D eigenvalue weighted by molar-refractivity contribution is -0.385. The van der Waals surface area contributed by atoms with Crippen molar-refractivity contribution in [3.63, 3.8) is 0 Å². The lowest BCUT2D eigenvalue weighted by atomic mass is 10.2. The third kappa shape index (κ3) is 2.44. The van der Waals surface area contributed by atoms with E-state index in [1.165, 1.54) is 6.92 Å². The quantitative estimate of drug-likeness (QED) is 0.629. The van der Waals surface area contributed by atoms with Gasteiger partial charge in [-0.3, -0.25) is 10.1 Å². The van der Waals surface area contributed by atoms with E-state index in [0.717, 1.165) is 12.1 Å². The Morgan fingerprint density at radius 1 is 1.47 bits per heavy atom. The number of sulfonamides is 1.